The fourth-order valence-electron chi connectivity index (χ4n) is 2.21. The molecule has 0 radical (unpaired) electrons. The minimum absolute atomic E-state index is 0.200. The molecule has 1 heterocycles. The lowest BCUT2D eigenvalue weighted by atomic mass is 9.99. The monoisotopic (exact) mass is 199 g/mol. The van der Waals surface area contributed by atoms with Gasteiger partial charge in [-0.25, -0.2) is 5.06 Å². The minimum atomic E-state index is -1.03. The largest absolute Gasteiger partial charge is 0.480 e. The van der Waals surface area contributed by atoms with Crippen LogP contribution in [-0.2, 0) is 14.4 Å². The normalized spacial score (nSPS) is 24.9. The second kappa shape index (κ2) is 3.24. The van der Waals surface area contributed by atoms with E-state index in [9.17, 15) is 9.59 Å². The average Bonchev–Trinajstić information content (AvgIpc) is 2.61. The maximum absolute atomic E-state index is 11.4. The van der Waals surface area contributed by atoms with Crippen molar-refractivity contribution in [2.45, 2.75) is 37.7 Å². The molecule has 5 nitrogen and oxygen atoms in total. The fraction of sp³-hybridized carbons (Fsp3) is 0.778. The van der Waals surface area contributed by atoms with Gasteiger partial charge in [0.05, 0.1) is 6.42 Å². The first-order valence-corrected chi connectivity index (χ1v) is 4.83. The molecule has 2 fully saturated rings. The third kappa shape index (κ3) is 1.59. The molecule has 1 aliphatic carbocycles. The number of carboxylic acids is 1. The number of carboxylic acid groups (broad SMARTS) is 1. The lowest BCUT2D eigenvalue weighted by Crippen LogP contribution is -2.32. The van der Waals surface area contributed by atoms with Crippen LogP contribution in [0.5, 0.6) is 0 Å². The van der Waals surface area contributed by atoms with Gasteiger partial charge in [0.1, 0.15) is 12.1 Å². The molecule has 14 heavy (non-hydrogen) atoms. The Kier molecular flexibility index (Phi) is 2.19. The maximum atomic E-state index is 11.4. The number of carbonyl (C=O) groups excluding carboxylic acids is 1. The minimum Gasteiger partial charge on any atom is -0.480 e. The van der Waals surface area contributed by atoms with E-state index in [0.717, 1.165) is 30.7 Å². The van der Waals surface area contributed by atoms with Crippen molar-refractivity contribution in [3.05, 3.63) is 0 Å². The summed E-state index contributed by atoms with van der Waals surface area (Å²) >= 11 is 0. The first-order chi connectivity index (χ1) is 6.61. The summed E-state index contributed by atoms with van der Waals surface area (Å²) in [6.45, 7) is -0.347. The summed E-state index contributed by atoms with van der Waals surface area (Å²) in [5.41, 5.74) is -0.369. The Morgan fingerprint density at radius 2 is 2.14 bits per heavy atom. The first-order valence-electron chi connectivity index (χ1n) is 4.83. The van der Waals surface area contributed by atoms with E-state index in [1.54, 1.807) is 0 Å². The van der Waals surface area contributed by atoms with Crippen LogP contribution in [0.2, 0.25) is 0 Å². The van der Waals surface area contributed by atoms with E-state index < -0.39 is 5.97 Å². The smallest absolute Gasteiger partial charge is 0.325 e. The van der Waals surface area contributed by atoms with Gasteiger partial charge in [0.2, 0.25) is 5.91 Å². The summed E-state index contributed by atoms with van der Waals surface area (Å²) in [4.78, 5) is 27.3. The standard InChI is InChI=1S/C9H13NO4/c11-7-5-9(3-1-2-4-9)14-10(7)6-8(12)13/h1-6H2,(H,12,13). The number of rotatable bonds is 2. The Labute approximate surface area is 81.6 Å². The molecule has 1 aliphatic heterocycles. The lowest BCUT2D eigenvalue weighted by molar-refractivity contribution is -0.202. The molecule has 0 aromatic carbocycles. The van der Waals surface area contributed by atoms with Crippen molar-refractivity contribution in [3.8, 4) is 0 Å². The van der Waals surface area contributed by atoms with Crippen LogP contribution in [0, 0.1) is 0 Å². The van der Waals surface area contributed by atoms with Crippen LogP contribution in [0.3, 0.4) is 0 Å². The number of hydrogen-bond donors (Lipinski definition) is 1. The first kappa shape index (κ1) is 9.45. The Hall–Kier alpha value is -1.10. The van der Waals surface area contributed by atoms with Crippen LogP contribution >= 0.6 is 0 Å². The zero-order chi connectivity index (χ0) is 10.2. The summed E-state index contributed by atoms with van der Waals surface area (Å²) in [5.74, 6) is -1.23. The molecule has 1 amide bonds. The summed E-state index contributed by atoms with van der Waals surface area (Å²) in [7, 11) is 0. The molecule has 2 aliphatic rings. The number of aliphatic carboxylic acids is 1. The van der Waals surface area contributed by atoms with Crippen molar-refractivity contribution in [1.82, 2.24) is 5.06 Å². The zero-order valence-corrected chi connectivity index (χ0v) is 7.86. The molecule has 0 aromatic heterocycles. The number of nitrogens with zero attached hydrogens (tertiary/aromatic N) is 1. The van der Waals surface area contributed by atoms with Crippen LogP contribution in [0.1, 0.15) is 32.1 Å². The van der Waals surface area contributed by atoms with Crippen molar-refractivity contribution in [2.24, 2.45) is 0 Å². The number of hydrogen-bond acceptors (Lipinski definition) is 3. The number of carbonyl (C=O) groups is 2. The predicted molar refractivity (Wildman–Crippen MR) is 46.2 cm³/mol. The van der Waals surface area contributed by atoms with Crippen molar-refractivity contribution in [1.29, 1.82) is 0 Å². The summed E-state index contributed by atoms with van der Waals surface area (Å²) in [6.07, 6.45) is 4.21. The van der Waals surface area contributed by atoms with E-state index in [0.29, 0.717) is 6.42 Å². The van der Waals surface area contributed by atoms with E-state index in [1.165, 1.54) is 0 Å². The third-order valence-electron chi connectivity index (χ3n) is 2.85. The molecule has 0 aromatic rings. The highest BCUT2D eigenvalue weighted by Gasteiger charge is 2.47. The summed E-state index contributed by atoms with van der Waals surface area (Å²) in [6, 6.07) is 0. The quantitative estimate of drug-likeness (QED) is 0.705. The number of hydroxylamine groups is 2. The lowest BCUT2D eigenvalue weighted by Gasteiger charge is -2.21. The Morgan fingerprint density at radius 3 is 2.71 bits per heavy atom. The highest BCUT2D eigenvalue weighted by atomic mass is 16.7. The van der Waals surface area contributed by atoms with Crippen molar-refractivity contribution in [2.75, 3.05) is 6.54 Å². The highest BCUT2D eigenvalue weighted by Crippen LogP contribution is 2.41. The molecular formula is C9H13NO4. The number of amides is 1. The van der Waals surface area contributed by atoms with Gasteiger partial charge in [0.15, 0.2) is 0 Å². The molecule has 1 saturated carbocycles. The van der Waals surface area contributed by atoms with Crippen LogP contribution in [-0.4, -0.2) is 34.2 Å². The van der Waals surface area contributed by atoms with E-state index in [-0.39, 0.29) is 18.1 Å². The van der Waals surface area contributed by atoms with Crippen LogP contribution in [0.25, 0.3) is 0 Å². The second-order valence-electron chi connectivity index (χ2n) is 3.98. The molecule has 0 atom stereocenters. The third-order valence-corrected chi connectivity index (χ3v) is 2.85. The van der Waals surface area contributed by atoms with Crippen molar-refractivity contribution in [3.63, 3.8) is 0 Å². The summed E-state index contributed by atoms with van der Waals surface area (Å²) in [5, 5.41) is 9.54. The SMILES string of the molecule is O=C(O)CN1OC2(CCCC2)CC1=O. The van der Waals surface area contributed by atoms with Gasteiger partial charge in [-0.15, -0.1) is 0 Å². The van der Waals surface area contributed by atoms with Gasteiger partial charge in [-0.3, -0.25) is 14.4 Å². The molecule has 78 valence electrons. The van der Waals surface area contributed by atoms with Crippen molar-refractivity contribution >= 4 is 11.9 Å². The van der Waals surface area contributed by atoms with Crippen molar-refractivity contribution < 1.29 is 19.5 Å². The Bertz CT molecular complexity index is 270. The molecule has 0 bridgehead atoms. The van der Waals surface area contributed by atoms with Gasteiger partial charge in [-0.05, 0) is 12.8 Å². The fourth-order valence-corrected chi connectivity index (χ4v) is 2.21. The highest BCUT2D eigenvalue weighted by molar-refractivity contribution is 5.82. The predicted octanol–water partition coefficient (Wildman–Crippen LogP) is 0.548. The van der Waals surface area contributed by atoms with Gasteiger partial charge in [-0.1, -0.05) is 12.8 Å². The topological polar surface area (TPSA) is 66.8 Å². The van der Waals surface area contributed by atoms with E-state index >= 15 is 0 Å². The Balaban J connectivity index is 2.02. The molecule has 1 saturated heterocycles. The molecule has 1 spiro atoms. The van der Waals surface area contributed by atoms with E-state index in [2.05, 4.69) is 0 Å². The van der Waals surface area contributed by atoms with Gasteiger partial charge in [0.25, 0.3) is 0 Å². The van der Waals surface area contributed by atoms with Crippen LogP contribution in [0.4, 0.5) is 0 Å². The van der Waals surface area contributed by atoms with Gasteiger partial charge < -0.3 is 5.11 Å². The van der Waals surface area contributed by atoms with Gasteiger partial charge >= 0.3 is 5.97 Å². The summed E-state index contributed by atoms with van der Waals surface area (Å²) < 4.78 is 0. The molecule has 5 heteroatoms. The Morgan fingerprint density at radius 1 is 1.50 bits per heavy atom. The molecule has 2 rings (SSSR count). The second-order valence-corrected chi connectivity index (χ2v) is 3.98. The molecular weight excluding hydrogens is 186 g/mol. The van der Waals surface area contributed by atoms with E-state index in [4.69, 9.17) is 9.94 Å². The van der Waals surface area contributed by atoms with Gasteiger partial charge in [0, 0.05) is 0 Å². The van der Waals surface area contributed by atoms with E-state index in [1.807, 2.05) is 0 Å². The maximum Gasteiger partial charge on any atom is 0.325 e. The molecule has 0 unspecified atom stereocenters. The zero-order valence-electron chi connectivity index (χ0n) is 7.86. The average molecular weight is 199 g/mol. The van der Waals surface area contributed by atoms with Gasteiger partial charge in [-0.2, -0.15) is 0 Å². The molecule has 1 N–H and O–H groups in total. The van der Waals surface area contributed by atoms with Crippen LogP contribution in [0.15, 0.2) is 0 Å². The van der Waals surface area contributed by atoms with Crippen LogP contribution < -0.4 is 0 Å².